The minimum atomic E-state index is -3.89. The fourth-order valence-corrected chi connectivity index (χ4v) is 6.60. The highest BCUT2D eigenvalue weighted by molar-refractivity contribution is 7.92. The summed E-state index contributed by atoms with van der Waals surface area (Å²) >= 11 is 1.07. The maximum atomic E-state index is 12.9. The summed E-state index contributed by atoms with van der Waals surface area (Å²) in [6.07, 6.45) is 1.77. The van der Waals surface area contributed by atoms with E-state index in [-0.39, 0.29) is 23.2 Å². The Morgan fingerprint density at radius 2 is 1.88 bits per heavy atom. The summed E-state index contributed by atoms with van der Waals surface area (Å²) in [4.78, 5) is 20.9. The predicted octanol–water partition coefficient (Wildman–Crippen LogP) is 1.33. The third-order valence-electron chi connectivity index (χ3n) is 4.48. The molecule has 0 radical (unpaired) electrons. The Bertz CT molecular complexity index is 1350. The molecule has 0 aliphatic rings. The number of aromatic hydroxyl groups is 1. The molecule has 0 fully saturated rings. The topological polar surface area (TPSA) is 169 Å². The average Bonchev–Trinajstić information content (AvgIpc) is 3.09. The van der Waals surface area contributed by atoms with Crippen molar-refractivity contribution >= 4 is 47.3 Å². The smallest absolute Gasteiger partial charge is 0.245 e. The molecule has 0 saturated heterocycles. The second-order valence-electron chi connectivity index (χ2n) is 7.04. The lowest BCUT2D eigenvalue weighted by atomic mass is 10.1. The summed E-state index contributed by atoms with van der Waals surface area (Å²) in [7, 11) is -7.70. The van der Waals surface area contributed by atoms with Crippen molar-refractivity contribution < 1.29 is 26.7 Å². The van der Waals surface area contributed by atoms with Gasteiger partial charge in [0.2, 0.25) is 21.8 Å². The molecule has 0 aliphatic heterocycles. The molecule has 32 heavy (non-hydrogen) atoms. The zero-order valence-electron chi connectivity index (χ0n) is 17.1. The summed E-state index contributed by atoms with van der Waals surface area (Å²) in [6, 6.07) is 8.47. The number of carbonyl (C=O) groups is 1. The summed E-state index contributed by atoms with van der Waals surface area (Å²) in [5, 5.41) is 15.4. The number of amides is 1. The van der Waals surface area contributed by atoms with Crippen LogP contribution in [0.2, 0.25) is 0 Å². The van der Waals surface area contributed by atoms with E-state index in [9.17, 15) is 26.7 Å². The molecule has 0 spiro atoms. The first-order chi connectivity index (χ1) is 15.0. The Kier molecular flexibility index (Phi) is 7.12. The van der Waals surface area contributed by atoms with Crippen LogP contribution in [0.15, 0.2) is 36.5 Å². The third-order valence-corrected chi connectivity index (χ3v) is 8.62. The third kappa shape index (κ3) is 5.79. The second-order valence-corrected chi connectivity index (χ2v) is 12.0. The molecule has 1 unspecified atom stereocenters. The molecule has 1 amide bonds. The van der Waals surface area contributed by atoms with Crippen molar-refractivity contribution in [1.82, 2.24) is 15.3 Å². The number of benzene rings is 1. The summed E-state index contributed by atoms with van der Waals surface area (Å²) in [6.45, 7) is 1.37. The van der Waals surface area contributed by atoms with Crippen molar-refractivity contribution in [1.29, 1.82) is 0 Å². The van der Waals surface area contributed by atoms with Gasteiger partial charge in [0, 0.05) is 18.8 Å². The van der Waals surface area contributed by atoms with E-state index in [4.69, 9.17) is 5.14 Å². The van der Waals surface area contributed by atoms with Crippen LogP contribution in [-0.4, -0.2) is 55.9 Å². The van der Waals surface area contributed by atoms with Crippen molar-refractivity contribution in [3.63, 3.8) is 0 Å². The molecule has 3 rings (SSSR count). The van der Waals surface area contributed by atoms with Crippen LogP contribution in [0.3, 0.4) is 0 Å². The van der Waals surface area contributed by atoms with Gasteiger partial charge in [-0.05, 0) is 35.7 Å². The number of primary sulfonamides is 1. The summed E-state index contributed by atoms with van der Waals surface area (Å²) < 4.78 is 48.6. The molecule has 172 valence electrons. The van der Waals surface area contributed by atoms with Gasteiger partial charge >= 0.3 is 0 Å². The number of nitrogens with one attached hydrogen (secondary N) is 1. The average molecular weight is 499 g/mol. The van der Waals surface area contributed by atoms with Crippen molar-refractivity contribution in [2.24, 2.45) is 5.14 Å². The number of nitrogens with zero attached hydrogens (tertiary/aromatic N) is 2. The minimum absolute atomic E-state index is 0.0938. The molecule has 10 nitrogen and oxygen atoms in total. The number of carbonyl (C=O) groups excluding carboxylic acids is 1. The van der Waals surface area contributed by atoms with Gasteiger partial charge in [0.05, 0.1) is 21.7 Å². The van der Waals surface area contributed by atoms with E-state index in [1.54, 1.807) is 31.2 Å². The molecular formula is C19H22N4O6S3. The molecule has 0 aliphatic carbocycles. The van der Waals surface area contributed by atoms with Gasteiger partial charge in [-0.1, -0.05) is 13.0 Å². The van der Waals surface area contributed by atoms with Crippen LogP contribution in [0.1, 0.15) is 23.6 Å². The Balaban J connectivity index is 1.98. The van der Waals surface area contributed by atoms with E-state index in [1.807, 2.05) is 0 Å². The number of nitrogens with two attached hydrogens (primary N) is 1. The maximum Gasteiger partial charge on any atom is 0.245 e. The molecular weight excluding hydrogens is 476 g/mol. The van der Waals surface area contributed by atoms with Crippen LogP contribution in [0, 0.1) is 0 Å². The number of sulfone groups is 1. The molecule has 2 heterocycles. The summed E-state index contributed by atoms with van der Waals surface area (Å²) in [5.41, 5.74) is 1.99. The SMILES string of the molecule is CCCS(=O)(=O)C(C(=O)NCCS(N)(=O)=O)c1nc2ccc(-c3ccnc(O)c3)cc2s1. The number of aromatic nitrogens is 2. The van der Waals surface area contributed by atoms with Crippen molar-refractivity contribution in [3.8, 4) is 17.0 Å². The fourth-order valence-electron chi connectivity index (χ4n) is 3.07. The van der Waals surface area contributed by atoms with Crippen molar-refractivity contribution in [2.45, 2.75) is 18.6 Å². The predicted molar refractivity (Wildman–Crippen MR) is 122 cm³/mol. The lowest BCUT2D eigenvalue weighted by Crippen LogP contribution is -2.38. The Morgan fingerprint density at radius 1 is 1.16 bits per heavy atom. The molecule has 13 heteroatoms. The fraction of sp³-hybridized carbons (Fsp3) is 0.316. The van der Waals surface area contributed by atoms with Crippen LogP contribution in [-0.2, 0) is 24.7 Å². The molecule has 0 bridgehead atoms. The van der Waals surface area contributed by atoms with Gasteiger partial charge in [0.1, 0.15) is 5.01 Å². The van der Waals surface area contributed by atoms with Gasteiger partial charge in [-0.15, -0.1) is 11.3 Å². The van der Waals surface area contributed by atoms with Crippen LogP contribution < -0.4 is 10.5 Å². The van der Waals surface area contributed by atoms with Crippen molar-refractivity contribution in [3.05, 3.63) is 41.5 Å². The largest absolute Gasteiger partial charge is 0.493 e. The zero-order chi connectivity index (χ0) is 23.5. The first kappa shape index (κ1) is 24.0. The van der Waals surface area contributed by atoms with Gasteiger partial charge in [-0.2, -0.15) is 0 Å². The van der Waals surface area contributed by atoms with E-state index in [1.165, 1.54) is 12.3 Å². The first-order valence-corrected chi connectivity index (χ1v) is 13.8. The molecule has 1 atom stereocenters. The van der Waals surface area contributed by atoms with E-state index in [2.05, 4.69) is 15.3 Å². The highest BCUT2D eigenvalue weighted by atomic mass is 32.2. The lowest BCUT2D eigenvalue weighted by molar-refractivity contribution is -0.120. The maximum absolute atomic E-state index is 12.9. The number of hydrogen-bond acceptors (Lipinski definition) is 9. The number of pyridine rings is 1. The number of fused-ring (bicyclic) bond motifs is 1. The first-order valence-electron chi connectivity index (χ1n) is 9.56. The Morgan fingerprint density at radius 3 is 2.53 bits per heavy atom. The Labute approximate surface area is 189 Å². The minimum Gasteiger partial charge on any atom is -0.493 e. The van der Waals surface area contributed by atoms with Gasteiger partial charge in [0.15, 0.2) is 15.1 Å². The number of thiazole rings is 1. The molecule has 0 saturated carbocycles. The van der Waals surface area contributed by atoms with Crippen LogP contribution >= 0.6 is 11.3 Å². The van der Waals surface area contributed by atoms with Crippen molar-refractivity contribution in [2.75, 3.05) is 18.1 Å². The lowest BCUT2D eigenvalue weighted by Gasteiger charge is -2.15. The van der Waals surface area contributed by atoms with E-state index in [0.717, 1.165) is 16.9 Å². The van der Waals surface area contributed by atoms with Gasteiger partial charge in [-0.3, -0.25) is 4.79 Å². The number of sulfonamides is 1. The number of hydrogen-bond donors (Lipinski definition) is 3. The van der Waals surface area contributed by atoms with Crippen LogP contribution in [0.5, 0.6) is 5.88 Å². The molecule has 3 aromatic rings. The number of rotatable bonds is 9. The highest BCUT2D eigenvalue weighted by Crippen LogP contribution is 2.34. The molecule has 1 aromatic carbocycles. The Hall–Kier alpha value is -2.61. The quantitative estimate of drug-likeness (QED) is 0.397. The van der Waals surface area contributed by atoms with Crippen LogP contribution in [0.4, 0.5) is 0 Å². The molecule has 4 N–H and O–H groups in total. The normalized spacial score (nSPS) is 13.2. The second kappa shape index (κ2) is 9.48. The van der Waals surface area contributed by atoms with E-state index >= 15 is 0 Å². The monoisotopic (exact) mass is 498 g/mol. The standard InChI is InChI=1S/C19H22N4O6S3/c1-2-8-31(26,27)17(18(25)22-7-9-32(20,28)29)19-23-14-4-3-12(10-15(14)30-19)13-5-6-21-16(24)11-13/h3-6,10-11,17H,2,7-9H2,1H3,(H,21,24)(H,22,25)(H2,20,28,29). The van der Waals surface area contributed by atoms with Gasteiger partial charge in [-0.25, -0.2) is 31.9 Å². The van der Waals surface area contributed by atoms with Crippen LogP contribution in [0.25, 0.3) is 21.3 Å². The highest BCUT2D eigenvalue weighted by Gasteiger charge is 2.36. The van der Waals surface area contributed by atoms with Gasteiger partial charge < -0.3 is 10.4 Å². The zero-order valence-corrected chi connectivity index (χ0v) is 19.5. The summed E-state index contributed by atoms with van der Waals surface area (Å²) in [5.74, 6) is -1.71. The van der Waals surface area contributed by atoms with E-state index < -0.39 is 36.8 Å². The molecule has 2 aromatic heterocycles. The van der Waals surface area contributed by atoms with Gasteiger partial charge in [0.25, 0.3) is 0 Å². The van der Waals surface area contributed by atoms with E-state index in [0.29, 0.717) is 22.2 Å².